The van der Waals surface area contributed by atoms with Crippen molar-refractivity contribution in [1.82, 2.24) is 5.32 Å². The Bertz CT molecular complexity index is 143. The van der Waals surface area contributed by atoms with Crippen molar-refractivity contribution in [3.63, 3.8) is 0 Å². The molecule has 0 aromatic carbocycles. The highest BCUT2D eigenvalue weighted by Gasteiger charge is 1.97. The Hall–Kier alpha value is -0.670. The minimum absolute atomic E-state index is 0.502. The number of hydrogen-bond acceptors (Lipinski definition) is 3. The molecule has 0 rings (SSSR count). The number of aliphatic hydroxyl groups excluding tert-OH is 1. The molecule has 0 aliphatic carbocycles. The van der Waals surface area contributed by atoms with Crippen LogP contribution in [-0.2, 0) is 0 Å². The molecule has 0 bridgehead atoms. The van der Waals surface area contributed by atoms with Gasteiger partial charge < -0.3 is 10.4 Å². The molecule has 2 N–H and O–H groups in total. The van der Waals surface area contributed by atoms with E-state index in [9.17, 15) is 5.11 Å². The topological polar surface area (TPSA) is 44.6 Å². The highest BCUT2D eigenvalue weighted by Crippen LogP contribution is 1.86. The number of nitrogens with zero attached hydrogens (tertiary/aromatic N) is 1. The average Bonchev–Trinajstić information content (AvgIpc) is 2.00. The second kappa shape index (κ2) is 6.07. The van der Waals surface area contributed by atoms with E-state index in [1.807, 2.05) is 13.8 Å². The van der Waals surface area contributed by atoms with Crippen LogP contribution in [0.1, 0.15) is 13.8 Å². The van der Waals surface area contributed by atoms with Crippen LogP contribution in [0.2, 0.25) is 0 Å². The molecule has 0 aliphatic rings. The number of nitrogens with one attached hydrogen (secondary N) is 1. The summed E-state index contributed by atoms with van der Waals surface area (Å²) < 4.78 is 0. The number of aliphatic hydroxyl groups is 1. The van der Waals surface area contributed by atoms with Gasteiger partial charge in [0.1, 0.15) is 0 Å². The summed E-state index contributed by atoms with van der Waals surface area (Å²) in [6, 6.07) is 0. The predicted molar refractivity (Wildman–Crippen MR) is 47.9 cm³/mol. The van der Waals surface area contributed by atoms with Crippen molar-refractivity contribution in [1.29, 1.82) is 0 Å². The maximum absolute atomic E-state index is 9.18. The van der Waals surface area contributed by atoms with Gasteiger partial charge in [-0.05, 0) is 19.5 Å². The van der Waals surface area contributed by atoms with Crippen LogP contribution < -0.4 is 5.32 Å². The maximum atomic E-state index is 9.18. The van der Waals surface area contributed by atoms with Gasteiger partial charge in [0, 0.05) is 12.3 Å². The molecule has 0 saturated heterocycles. The number of likely N-dealkylation sites (N-methyl/N-ethyl adjacent to an activating group) is 1. The summed E-state index contributed by atoms with van der Waals surface area (Å²) in [5.41, 5.74) is 0.760. The summed E-state index contributed by atoms with van der Waals surface area (Å²) >= 11 is 0. The second-order valence-corrected chi connectivity index (χ2v) is 2.26. The van der Waals surface area contributed by atoms with Gasteiger partial charge in [-0.3, -0.25) is 4.99 Å². The quantitative estimate of drug-likeness (QED) is 0.571. The first kappa shape index (κ1) is 10.3. The number of aliphatic imine (C=N–C) groups is 1. The van der Waals surface area contributed by atoms with E-state index in [4.69, 9.17) is 0 Å². The first-order chi connectivity index (χ1) is 5.20. The number of rotatable bonds is 5. The standard InChI is InChI=1S/C8H16N2O/c1-4-7(3)10-8(11)6-9-5-2/h4,8-9,11H,1,5-6H2,2-3H3/b10-7-. The molecule has 0 aromatic heterocycles. The van der Waals surface area contributed by atoms with E-state index in [0.29, 0.717) is 6.54 Å². The molecule has 1 atom stereocenters. The fourth-order valence-electron chi connectivity index (χ4n) is 0.607. The molecule has 0 fully saturated rings. The van der Waals surface area contributed by atoms with Crippen molar-refractivity contribution in [3.05, 3.63) is 12.7 Å². The molecular weight excluding hydrogens is 140 g/mol. The van der Waals surface area contributed by atoms with Crippen LogP contribution in [-0.4, -0.2) is 30.1 Å². The molecule has 64 valence electrons. The molecule has 3 nitrogen and oxygen atoms in total. The van der Waals surface area contributed by atoms with Crippen LogP contribution in [0.15, 0.2) is 17.6 Å². The highest BCUT2D eigenvalue weighted by molar-refractivity contribution is 5.92. The molecule has 0 saturated carbocycles. The van der Waals surface area contributed by atoms with Gasteiger partial charge in [0.2, 0.25) is 0 Å². The van der Waals surface area contributed by atoms with E-state index in [1.54, 1.807) is 6.08 Å². The van der Waals surface area contributed by atoms with Gasteiger partial charge >= 0.3 is 0 Å². The van der Waals surface area contributed by atoms with E-state index < -0.39 is 6.23 Å². The molecule has 0 amide bonds. The fraction of sp³-hybridized carbons (Fsp3) is 0.625. The Morgan fingerprint density at radius 3 is 2.91 bits per heavy atom. The van der Waals surface area contributed by atoms with Crippen molar-refractivity contribution >= 4 is 5.71 Å². The van der Waals surface area contributed by atoms with Crippen LogP contribution in [0.4, 0.5) is 0 Å². The Morgan fingerprint density at radius 2 is 2.45 bits per heavy atom. The van der Waals surface area contributed by atoms with E-state index in [1.165, 1.54) is 0 Å². The SMILES string of the molecule is C=C/C(C)=N\C(O)CNCC. The Morgan fingerprint density at radius 1 is 1.82 bits per heavy atom. The summed E-state index contributed by atoms with van der Waals surface area (Å²) in [5.74, 6) is 0. The average molecular weight is 156 g/mol. The minimum atomic E-state index is -0.645. The lowest BCUT2D eigenvalue weighted by Gasteiger charge is -2.05. The van der Waals surface area contributed by atoms with Crippen molar-refractivity contribution in [3.8, 4) is 0 Å². The molecule has 3 heteroatoms. The van der Waals surface area contributed by atoms with Crippen LogP contribution in [0, 0.1) is 0 Å². The zero-order valence-electron chi connectivity index (χ0n) is 7.17. The van der Waals surface area contributed by atoms with Gasteiger partial charge in [0.25, 0.3) is 0 Å². The van der Waals surface area contributed by atoms with E-state index in [2.05, 4.69) is 16.9 Å². The van der Waals surface area contributed by atoms with Gasteiger partial charge in [-0.2, -0.15) is 0 Å². The monoisotopic (exact) mass is 156 g/mol. The van der Waals surface area contributed by atoms with Gasteiger partial charge in [0.15, 0.2) is 6.23 Å². The Labute approximate surface area is 67.8 Å². The summed E-state index contributed by atoms with van der Waals surface area (Å²) in [6.07, 6.45) is 0.975. The predicted octanol–water partition coefficient (Wildman–Crippen LogP) is 0.561. The molecule has 0 aliphatic heterocycles. The number of allylic oxidation sites excluding steroid dienone is 1. The van der Waals surface area contributed by atoms with Gasteiger partial charge in [-0.15, -0.1) is 0 Å². The van der Waals surface area contributed by atoms with Gasteiger partial charge in [0.05, 0.1) is 0 Å². The lowest BCUT2D eigenvalue weighted by Crippen LogP contribution is -2.25. The molecule has 11 heavy (non-hydrogen) atoms. The maximum Gasteiger partial charge on any atom is 0.157 e. The third-order valence-electron chi connectivity index (χ3n) is 1.22. The Kier molecular flexibility index (Phi) is 5.70. The lowest BCUT2D eigenvalue weighted by molar-refractivity contribution is 0.182. The first-order valence-electron chi connectivity index (χ1n) is 3.76. The molecule has 1 unspecified atom stereocenters. The van der Waals surface area contributed by atoms with Crippen molar-refractivity contribution < 1.29 is 5.11 Å². The molecular formula is C8H16N2O. The Balaban J connectivity index is 3.66. The lowest BCUT2D eigenvalue weighted by atomic mass is 10.4. The molecule has 0 aromatic rings. The fourth-order valence-corrected chi connectivity index (χ4v) is 0.607. The smallest absolute Gasteiger partial charge is 0.157 e. The van der Waals surface area contributed by atoms with E-state index >= 15 is 0 Å². The normalized spacial score (nSPS) is 14.6. The van der Waals surface area contributed by atoms with Gasteiger partial charge in [-0.25, -0.2) is 0 Å². The summed E-state index contributed by atoms with van der Waals surface area (Å²) in [7, 11) is 0. The molecule has 0 radical (unpaired) electrons. The van der Waals surface area contributed by atoms with Crippen LogP contribution in [0.5, 0.6) is 0 Å². The van der Waals surface area contributed by atoms with Crippen LogP contribution in [0.3, 0.4) is 0 Å². The van der Waals surface area contributed by atoms with Crippen molar-refractivity contribution in [2.24, 2.45) is 4.99 Å². The van der Waals surface area contributed by atoms with Crippen molar-refractivity contribution in [2.75, 3.05) is 13.1 Å². The zero-order chi connectivity index (χ0) is 8.69. The van der Waals surface area contributed by atoms with Gasteiger partial charge in [-0.1, -0.05) is 13.5 Å². The molecule has 0 heterocycles. The highest BCUT2D eigenvalue weighted by atomic mass is 16.3. The van der Waals surface area contributed by atoms with Crippen LogP contribution >= 0.6 is 0 Å². The zero-order valence-corrected chi connectivity index (χ0v) is 7.17. The third kappa shape index (κ3) is 5.76. The van der Waals surface area contributed by atoms with Crippen LogP contribution in [0.25, 0.3) is 0 Å². The van der Waals surface area contributed by atoms with Crippen molar-refractivity contribution in [2.45, 2.75) is 20.1 Å². The molecule has 0 spiro atoms. The minimum Gasteiger partial charge on any atom is -0.371 e. The summed E-state index contributed by atoms with van der Waals surface area (Å²) in [4.78, 5) is 3.92. The summed E-state index contributed by atoms with van der Waals surface area (Å²) in [6.45, 7) is 8.67. The van der Waals surface area contributed by atoms with E-state index in [0.717, 1.165) is 12.3 Å². The summed E-state index contributed by atoms with van der Waals surface area (Å²) in [5, 5.41) is 12.2. The first-order valence-corrected chi connectivity index (χ1v) is 3.76. The third-order valence-corrected chi connectivity index (χ3v) is 1.22. The second-order valence-electron chi connectivity index (χ2n) is 2.26. The largest absolute Gasteiger partial charge is 0.371 e. The number of hydrogen-bond donors (Lipinski definition) is 2. The van der Waals surface area contributed by atoms with E-state index in [-0.39, 0.29) is 0 Å².